The highest BCUT2D eigenvalue weighted by atomic mass is 16.6. The summed E-state index contributed by atoms with van der Waals surface area (Å²) in [5.41, 5.74) is 1.47. The molecule has 0 aromatic heterocycles. The summed E-state index contributed by atoms with van der Waals surface area (Å²) in [6.07, 6.45) is -0.416. The third-order valence-electron chi connectivity index (χ3n) is 4.18. The van der Waals surface area contributed by atoms with E-state index in [1.54, 1.807) is 36.1 Å². The van der Waals surface area contributed by atoms with Gasteiger partial charge in [0.15, 0.2) is 0 Å². The zero-order valence-electron chi connectivity index (χ0n) is 14.1. The number of carbonyl (C=O) groups excluding carboxylic acids is 3. The molecular weight excluding hydrogens is 326 g/mol. The highest BCUT2D eigenvalue weighted by Crippen LogP contribution is 2.25. The van der Waals surface area contributed by atoms with Gasteiger partial charge in [0, 0.05) is 24.3 Å². The van der Waals surface area contributed by atoms with Crippen molar-refractivity contribution in [1.29, 1.82) is 0 Å². The lowest BCUT2D eigenvalue weighted by molar-refractivity contribution is -0.125. The molecule has 3 rings (SSSR count). The van der Waals surface area contributed by atoms with Crippen LogP contribution in [0.25, 0.3) is 0 Å². The van der Waals surface area contributed by atoms with Crippen molar-refractivity contribution >= 4 is 29.3 Å². The molecule has 0 bridgehead atoms. The molecule has 8 heteroatoms. The second-order valence-electron chi connectivity index (χ2n) is 5.89. The number of morpholine rings is 1. The van der Waals surface area contributed by atoms with Gasteiger partial charge in [0.1, 0.15) is 12.7 Å². The smallest absolute Gasteiger partial charge is 0.414 e. The van der Waals surface area contributed by atoms with Gasteiger partial charge in [0.25, 0.3) is 5.91 Å². The van der Waals surface area contributed by atoms with Crippen LogP contribution in [0, 0.1) is 0 Å². The molecule has 0 spiro atoms. The van der Waals surface area contributed by atoms with Gasteiger partial charge in [0.05, 0.1) is 19.7 Å². The monoisotopic (exact) mass is 347 g/mol. The van der Waals surface area contributed by atoms with Gasteiger partial charge in [-0.3, -0.25) is 14.5 Å². The summed E-state index contributed by atoms with van der Waals surface area (Å²) in [7, 11) is 0. The molecule has 8 nitrogen and oxygen atoms in total. The Kier molecular flexibility index (Phi) is 5.18. The Hall–Kier alpha value is -2.61. The number of hydrogen-bond acceptors (Lipinski definition) is 5. The van der Waals surface area contributed by atoms with Crippen LogP contribution >= 0.6 is 0 Å². The predicted octanol–water partition coefficient (Wildman–Crippen LogP) is 0.901. The minimum absolute atomic E-state index is 0.0750. The van der Waals surface area contributed by atoms with Crippen LogP contribution in [0.3, 0.4) is 0 Å². The number of benzene rings is 1. The van der Waals surface area contributed by atoms with Gasteiger partial charge in [-0.25, -0.2) is 4.79 Å². The van der Waals surface area contributed by atoms with E-state index in [9.17, 15) is 14.4 Å². The Labute approximate surface area is 145 Å². The van der Waals surface area contributed by atoms with Gasteiger partial charge in [-0.15, -0.1) is 0 Å². The number of ether oxygens (including phenoxy) is 2. The maximum atomic E-state index is 12.0. The third-order valence-corrected chi connectivity index (χ3v) is 4.18. The second kappa shape index (κ2) is 7.52. The maximum absolute atomic E-state index is 12.0. The fraction of sp³-hybridized carbons (Fsp3) is 0.471. The minimum atomic E-state index is -0.439. The Morgan fingerprint density at radius 2 is 1.88 bits per heavy atom. The molecule has 0 aliphatic carbocycles. The average Bonchev–Trinajstić information content (AvgIpc) is 3.01. The van der Waals surface area contributed by atoms with E-state index in [0.717, 1.165) is 5.69 Å². The number of nitrogens with zero attached hydrogens (tertiary/aromatic N) is 2. The standard InChI is InChI=1S/C17H21N3O5/c1-2-15(21)18-9-14-10-20(17(23)25-14)13-5-3-12(4-6-13)19-7-8-24-11-16(19)22/h3-6,14H,2,7-11H2,1H3,(H,18,21). The lowest BCUT2D eigenvalue weighted by Crippen LogP contribution is -2.41. The molecule has 1 unspecified atom stereocenters. The van der Waals surface area contributed by atoms with Crippen LogP contribution in [-0.2, 0) is 19.1 Å². The van der Waals surface area contributed by atoms with E-state index >= 15 is 0 Å². The van der Waals surface area contributed by atoms with E-state index in [2.05, 4.69) is 5.32 Å². The summed E-state index contributed by atoms with van der Waals surface area (Å²) >= 11 is 0. The molecular formula is C17H21N3O5. The number of hydrogen-bond donors (Lipinski definition) is 1. The zero-order valence-corrected chi connectivity index (χ0v) is 14.1. The molecule has 1 N–H and O–H groups in total. The summed E-state index contributed by atoms with van der Waals surface area (Å²) in [6, 6.07) is 7.18. The first kappa shape index (κ1) is 17.2. The Bertz CT molecular complexity index is 661. The van der Waals surface area contributed by atoms with E-state index in [-0.39, 0.29) is 24.5 Å². The van der Waals surface area contributed by atoms with Gasteiger partial charge in [-0.05, 0) is 24.3 Å². The van der Waals surface area contributed by atoms with Crippen molar-refractivity contribution in [2.24, 2.45) is 0 Å². The molecule has 2 heterocycles. The number of rotatable bonds is 5. The van der Waals surface area contributed by atoms with Crippen molar-refractivity contribution in [3.63, 3.8) is 0 Å². The fourth-order valence-corrected chi connectivity index (χ4v) is 2.79. The highest BCUT2D eigenvalue weighted by molar-refractivity contribution is 5.95. The van der Waals surface area contributed by atoms with Gasteiger partial charge >= 0.3 is 6.09 Å². The highest BCUT2D eigenvalue weighted by Gasteiger charge is 2.32. The SMILES string of the molecule is CCC(=O)NCC1CN(c2ccc(N3CCOCC3=O)cc2)C(=O)O1. The van der Waals surface area contributed by atoms with Crippen molar-refractivity contribution < 1.29 is 23.9 Å². The fourth-order valence-electron chi connectivity index (χ4n) is 2.79. The van der Waals surface area contributed by atoms with Crippen molar-refractivity contribution in [1.82, 2.24) is 5.32 Å². The molecule has 3 amide bonds. The van der Waals surface area contributed by atoms with Crippen molar-refractivity contribution in [2.45, 2.75) is 19.4 Å². The molecule has 1 aromatic carbocycles. The lowest BCUT2D eigenvalue weighted by Gasteiger charge is -2.27. The first-order valence-electron chi connectivity index (χ1n) is 8.31. The van der Waals surface area contributed by atoms with Crippen LogP contribution in [0.2, 0.25) is 0 Å². The number of carbonyl (C=O) groups is 3. The van der Waals surface area contributed by atoms with Crippen LogP contribution in [0.5, 0.6) is 0 Å². The second-order valence-corrected chi connectivity index (χ2v) is 5.89. The van der Waals surface area contributed by atoms with E-state index in [1.807, 2.05) is 0 Å². The van der Waals surface area contributed by atoms with Crippen molar-refractivity contribution in [3.8, 4) is 0 Å². The largest absolute Gasteiger partial charge is 0.442 e. The predicted molar refractivity (Wildman–Crippen MR) is 90.5 cm³/mol. The van der Waals surface area contributed by atoms with Crippen LogP contribution in [0.4, 0.5) is 16.2 Å². The van der Waals surface area contributed by atoms with Crippen LogP contribution in [0.1, 0.15) is 13.3 Å². The number of nitrogens with one attached hydrogen (secondary N) is 1. The molecule has 2 aliphatic rings. The van der Waals surface area contributed by atoms with Gasteiger partial charge in [-0.2, -0.15) is 0 Å². The first-order chi connectivity index (χ1) is 12.1. The zero-order chi connectivity index (χ0) is 17.8. The quantitative estimate of drug-likeness (QED) is 0.855. The Balaban J connectivity index is 1.63. The maximum Gasteiger partial charge on any atom is 0.414 e. The van der Waals surface area contributed by atoms with E-state index in [4.69, 9.17) is 9.47 Å². The molecule has 1 atom stereocenters. The molecule has 2 saturated heterocycles. The van der Waals surface area contributed by atoms with E-state index < -0.39 is 6.09 Å². The van der Waals surface area contributed by atoms with Crippen LogP contribution in [0.15, 0.2) is 24.3 Å². The van der Waals surface area contributed by atoms with E-state index in [1.165, 1.54) is 4.90 Å². The average molecular weight is 347 g/mol. The van der Waals surface area contributed by atoms with Gasteiger partial charge in [-0.1, -0.05) is 6.92 Å². The van der Waals surface area contributed by atoms with Gasteiger partial charge < -0.3 is 19.7 Å². The number of cyclic esters (lactones) is 1. The minimum Gasteiger partial charge on any atom is -0.442 e. The lowest BCUT2D eigenvalue weighted by atomic mass is 10.2. The normalized spacial score (nSPS) is 20.6. The Morgan fingerprint density at radius 3 is 2.52 bits per heavy atom. The van der Waals surface area contributed by atoms with E-state index in [0.29, 0.717) is 38.3 Å². The molecule has 134 valence electrons. The Morgan fingerprint density at radius 1 is 1.20 bits per heavy atom. The molecule has 2 aliphatic heterocycles. The van der Waals surface area contributed by atoms with Crippen molar-refractivity contribution in [3.05, 3.63) is 24.3 Å². The third kappa shape index (κ3) is 3.90. The summed E-state index contributed by atoms with van der Waals surface area (Å²) in [5.74, 6) is -0.152. The number of anilines is 2. The number of amides is 3. The molecule has 1 aromatic rings. The molecule has 25 heavy (non-hydrogen) atoms. The first-order valence-corrected chi connectivity index (χ1v) is 8.31. The van der Waals surface area contributed by atoms with Crippen LogP contribution in [-0.4, -0.2) is 56.9 Å². The van der Waals surface area contributed by atoms with Crippen molar-refractivity contribution in [2.75, 3.05) is 42.6 Å². The molecule has 0 radical (unpaired) electrons. The van der Waals surface area contributed by atoms with Gasteiger partial charge in [0.2, 0.25) is 5.91 Å². The summed E-state index contributed by atoms with van der Waals surface area (Å²) < 4.78 is 10.4. The summed E-state index contributed by atoms with van der Waals surface area (Å²) in [6.45, 7) is 3.56. The van der Waals surface area contributed by atoms with Crippen LogP contribution < -0.4 is 15.1 Å². The summed E-state index contributed by atoms with van der Waals surface area (Å²) in [4.78, 5) is 38.4. The summed E-state index contributed by atoms with van der Waals surface area (Å²) in [5, 5.41) is 2.73. The topological polar surface area (TPSA) is 88.2 Å². The molecule has 0 saturated carbocycles. The molecule has 2 fully saturated rings.